The molecular formula is C15H23N3O2. The second-order valence-corrected chi connectivity index (χ2v) is 5.58. The van der Waals surface area contributed by atoms with Gasteiger partial charge in [0.1, 0.15) is 5.82 Å². The topological polar surface area (TPSA) is 63.2 Å². The minimum atomic E-state index is -0.273. The Morgan fingerprint density at radius 2 is 2.30 bits per heavy atom. The summed E-state index contributed by atoms with van der Waals surface area (Å²) < 4.78 is 5.47. The molecule has 1 fully saturated rings. The van der Waals surface area contributed by atoms with E-state index in [2.05, 4.69) is 15.6 Å². The van der Waals surface area contributed by atoms with Gasteiger partial charge in [-0.1, -0.05) is 0 Å². The molecule has 1 aromatic heterocycles. The summed E-state index contributed by atoms with van der Waals surface area (Å²) in [6.07, 6.45) is 1.93. The molecule has 0 saturated carbocycles. The average molecular weight is 277 g/mol. The lowest BCUT2D eigenvalue weighted by atomic mass is 9.94. The number of carbonyl (C=O) groups is 1. The van der Waals surface area contributed by atoms with E-state index in [1.807, 2.05) is 26.8 Å². The molecule has 0 spiro atoms. The molecule has 0 aromatic carbocycles. The van der Waals surface area contributed by atoms with Crippen molar-refractivity contribution in [2.24, 2.45) is 0 Å². The van der Waals surface area contributed by atoms with Crippen LogP contribution in [-0.4, -0.2) is 36.2 Å². The van der Waals surface area contributed by atoms with Crippen LogP contribution < -0.4 is 10.6 Å². The lowest BCUT2D eigenvalue weighted by molar-refractivity contribution is 0.0272. The minimum Gasteiger partial charge on any atom is -0.379 e. The molecule has 1 atom stereocenters. The van der Waals surface area contributed by atoms with Crippen molar-refractivity contribution in [2.75, 3.05) is 25.1 Å². The van der Waals surface area contributed by atoms with E-state index in [9.17, 15) is 4.79 Å². The third kappa shape index (κ3) is 3.70. The maximum atomic E-state index is 12.4. The van der Waals surface area contributed by atoms with Crippen LogP contribution in [0.1, 0.15) is 42.7 Å². The molecule has 1 aromatic rings. The number of hydrogen-bond donors (Lipinski definition) is 2. The number of carbonyl (C=O) groups excluding carboxylic acids is 1. The van der Waals surface area contributed by atoms with Crippen molar-refractivity contribution in [2.45, 2.75) is 39.2 Å². The van der Waals surface area contributed by atoms with Crippen LogP contribution in [0.4, 0.5) is 5.82 Å². The predicted octanol–water partition coefficient (Wildman–Crippen LogP) is 2.12. The Morgan fingerprint density at radius 3 is 2.95 bits per heavy atom. The average Bonchev–Trinajstić information content (AvgIpc) is 2.38. The summed E-state index contributed by atoms with van der Waals surface area (Å²) in [7, 11) is 0. The number of aryl methyl sites for hydroxylation is 1. The maximum absolute atomic E-state index is 12.4. The first-order valence-corrected chi connectivity index (χ1v) is 7.15. The second-order valence-electron chi connectivity index (χ2n) is 5.58. The van der Waals surface area contributed by atoms with Crippen molar-refractivity contribution in [3.8, 4) is 0 Å². The summed E-state index contributed by atoms with van der Waals surface area (Å²) in [5, 5.41) is 6.23. The van der Waals surface area contributed by atoms with Crippen molar-refractivity contribution in [1.82, 2.24) is 10.3 Å². The number of rotatable bonds is 4. The smallest absolute Gasteiger partial charge is 0.251 e. The van der Waals surface area contributed by atoms with Crippen LogP contribution >= 0.6 is 0 Å². The number of amides is 1. The van der Waals surface area contributed by atoms with Crippen molar-refractivity contribution in [3.05, 3.63) is 23.4 Å². The summed E-state index contributed by atoms with van der Waals surface area (Å²) >= 11 is 0. The van der Waals surface area contributed by atoms with Crippen LogP contribution in [0.2, 0.25) is 0 Å². The van der Waals surface area contributed by atoms with E-state index in [4.69, 9.17) is 4.74 Å². The SMILES string of the molecule is CCNc1cc(C(=O)NC2(C)CCCOC2)cc(C)n1. The van der Waals surface area contributed by atoms with Crippen LogP contribution in [0.25, 0.3) is 0 Å². The molecular weight excluding hydrogens is 254 g/mol. The fourth-order valence-electron chi connectivity index (χ4n) is 2.45. The first kappa shape index (κ1) is 14.8. The monoisotopic (exact) mass is 277 g/mol. The number of ether oxygens (including phenoxy) is 1. The standard InChI is InChI=1S/C15H23N3O2/c1-4-16-13-9-12(8-11(2)17-13)14(19)18-15(3)6-5-7-20-10-15/h8-9H,4-7,10H2,1-3H3,(H,16,17)(H,18,19). The Bertz CT molecular complexity index is 482. The van der Waals surface area contributed by atoms with Crippen LogP contribution in [-0.2, 0) is 4.74 Å². The first-order chi connectivity index (χ1) is 9.52. The molecule has 2 N–H and O–H groups in total. The normalized spacial score (nSPS) is 22.4. The van der Waals surface area contributed by atoms with Gasteiger partial charge in [0.25, 0.3) is 5.91 Å². The number of nitrogens with zero attached hydrogens (tertiary/aromatic N) is 1. The highest BCUT2D eigenvalue weighted by atomic mass is 16.5. The Kier molecular flexibility index (Phi) is 4.60. The van der Waals surface area contributed by atoms with Crippen LogP contribution in [0.15, 0.2) is 12.1 Å². The summed E-state index contributed by atoms with van der Waals surface area (Å²) in [6, 6.07) is 3.60. The number of aromatic nitrogens is 1. The quantitative estimate of drug-likeness (QED) is 0.885. The molecule has 0 radical (unpaired) electrons. The van der Waals surface area contributed by atoms with E-state index in [1.54, 1.807) is 6.07 Å². The maximum Gasteiger partial charge on any atom is 0.251 e. The van der Waals surface area contributed by atoms with Gasteiger partial charge in [0.2, 0.25) is 0 Å². The van der Waals surface area contributed by atoms with E-state index >= 15 is 0 Å². The van der Waals surface area contributed by atoms with Crippen LogP contribution in [0, 0.1) is 6.92 Å². The van der Waals surface area contributed by atoms with E-state index in [0.29, 0.717) is 12.2 Å². The first-order valence-electron chi connectivity index (χ1n) is 7.15. The number of hydrogen-bond acceptors (Lipinski definition) is 4. The predicted molar refractivity (Wildman–Crippen MR) is 79.1 cm³/mol. The van der Waals surface area contributed by atoms with Gasteiger partial charge in [-0.3, -0.25) is 4.79 Å². The number of anilines is 1. The molecule has 1 saturated heterocycles. The van der Waals surface area contributed by atoms with E-state index in [1.165, 1.54) is 0 Å². The molecule has 1 unspecified atom stereocenters. The largest absolute Gasteiger partial charge is 0.379 e. The van der Waals surface area contributed by atoms with Crippen LogP contribution in [0.3, 0.4) is 0 Å². The summed E-state index contributed by atoms with van der Waals surface area (Å²) in [5.74, 6) is 0.672. The highest BCUT2D eigenvalue weighted by molar-refractivity contribution is 5.95. The van der Waals surface area contributed by atoms with E-state index in [-0.39, 0.29) is 11.4 Å². The van der Waals surface area contributed by atoms with Gasteiger partial charge in [-0.15, -0.1) is 0 Å². The molecule has 2 rings (SSSR count). The van der Waals surface area contributed by atoms with Gasteiger partial charge in [-0.25, -0.2) is 4.98 Å². The van der Waals surface area contributed by atoms with Crippen molar-refractivity contribution in [1.29, 1.82) is 0 Å². The van der Waals surface area contributed by atoms with Gasteiger partial charge in [-0.2, -0.15) is 0 Å². The lowest BCUT2D eigenvalue weighted by Crippen LogP contribution is -2.51. The van der Waals surface area contributed by atoms with E-state index < -0.39 is 0 Å². The van der Waals surface area contributed by atoms with Crippen molar-refractivity contribution >= 4 is 11.7 Å². The summed E-state index contributed by atoms with van der Waals surface area (Å²) in [6.45, 7) is 8.06. The van der Waals surface area contributed by atoms with Gasteiger partial charge >= 0.3 is 0 Å². The highest BCUT2D eigenvalue weighted by Gasteiger charge is 2.29. The van der Waals surface area contributed by atoms with Gasteiger partial charge in [-0.05, 0) is 45.7 Å². The van der Waals surface area contributed by atoms with Gasteiger partial charge in [0, 0.05) is 24.4 Å². The Hall–Kier alpha value is -1.62. The van der Waals surface area contributed by atoms with Gasteiger partial charge in [0.15, 0.2) is 0 Å². The number of nitrogens with one attached hydrogen (secondary N) is 2. The molecule has 20 heavy (non-hydrogen) atoms. The zero-order valence-electron chi connectivity index (χ0n) is 12.5. The molecule has 1 aliphatic rings. The molecule has 1 amide bonds. The third-order valence-electron chi connectivity index (χ3n) is 3.43. The third-order valence-corrected chi connectivity index (χ3v) is 3.43. The number of pyridine rings is 1. The molecule has 5 heteroatoms. The molecule has 110 valence electrons. The Labute approximate surface area is 120 Å². The van der Waals surface area contributed by atoms with Gasteiger partial charge in [0.05, 0.1) is 12.1 Å². The molecule has 5 nitrogen and oxygen atoms in total. The Balaban J connectivity index is 2.12. The van der Waals surface area contributed by atoms with Crippen molar-refractivity contribution in [3.63, 3.8) is 0 Å². The second kappa shape index (κ2) is 6.22. The van der Waals surface area contributed by atoms with Crippen molar-refractivity contribution < 1.29 is 9.53 Å². The molecule has 0 bridgehead atoms. The molecule has 1 aliphatic heterocycles. The van der Waals surface area contributed by atoms with Gasteiger partial charge < -0.3 is 15.4 Å². The zero-order chi connectivity index (χ0) is 14.6. The molecule has 2 heterocycles. The summed E-state index contributed by atoms with van der Waals surface area (Å²) in [4.78, 5) is 16.8. The zero-order valence-corrected chi connectivity index (χ0v) is 12.5. The fraction of sp³-hybridized carbons (Fsp3) is 0.600. The summed E-state index contributed by atoms with van der Waals surface area (Å²) in [5.41, 5.74) is 1.20. The minimum absolute atomic E-state index is 0.0670. The highest BCUT2D eigenvalue weighted by Crippen LogP contribution is 2.19. The van der Waals surface area contributed by atoms with Crippen LogP contribution in [0.5, 0.6) is 0 Å². The Morgan fingerprint density at radius 1 is 1.50 bits per heavy atom. The fourth-order valence-corrected chi connectivity index (χ4v) is 2.45. The van der Waals surface area contributed by atoms with E-state index in [0.717, 1.165) is 37.5 Å². The lowest BCUT2D eigenvalue weighted by Gasteiger charge is -2.34. The molecule has 0 aliphatic carbocycles.